The van der Waals surface area contributed by atoms with E-state index in [2.05, 4.69) is 4.98 Å². The molecule has 78 valence electrons. The number of halogens is 1. The smallest absolute Gasteiger partial charge is 0.152 e. The van der Waals surface area contributed by atoms with Crippen molar-refractivity contribution in [3.63, 3.8) is 0 Å². The van der Waals surface area contributed by atoms with Crippen molar-refractivity contribution >= 4 is 28.8 Å². The van der Waals surface area contributed by atoms with Crippen LogP contribution in [0.1, 0.15) is 23.0 Å². The van der Waals surface area contributed by atoms with E-state index >= 15 is 0 Å². The topological polar surface area (TPSA) is 53.1 Å². The number of fused-ring (bicyclic) bond motifs is 1. The maximum absolute atomic E-state index is 11.0. The van der Waals surface area contributed by atoms with Gasteiger partial charge in [-0.3, -0.25) is 4.79 Å². The molecular formula is C11H10ClNO2. The Morgan fingerprint density at radius 3 is 2.87 bits per heavy atom. The van der Waals surface area contributed by atoms with Crippen LogP contribution < -0.4 is 0 Å². The fourth-order valence-corrected chi connectivity index (χ4v) is 1.99. The number of carbonyl (C=O) groups is 1. The lowest BCUT2D eigenvalue weighted by molar-refractivity contribution is 0.112. The highest BCUT2D eigenvalue weighted by Crippen LogP contribution is 2.34. The Bertz CT molecular complexity index is 531. The second-order valence-electron chi connectivity index (χ2n) is 3.31. The van der Waals surface area contributed by atoms with Crippen LogP contribution in [0, 0.1) is 0 Å². The molecular weight excluding hydrogens is 214 g/mol. The molecule has 0 fully saturated rings. The molecule has 15 heavy (non-hydrogen) atoms. The molecule has 1 aromatic carbocycles. The lowest BCUT2D eigenvalue weighted by Gasteiger charge is -1.98. The van der Waals surface area contributed by atoms with Gasteiger partial charge in [0.2, 0.25) is 0 Å². The van der Waals surface area contributed by atoms with Gasteiger partial charge < -0.3 is 10.1 Å². The van der Waals surface area contributed by atoms with Gasteiger partial charge in [0.15, 0.2) is 6.29 Å². The fourth-order valence-electron chi connectivity index (χ4n) is 1.72. The molecule has 0 radical (unpaired) electrons. The van der Waals surface area contributed by atoms with E-state index in [-0.39, 0.29) is 10.8 Å². The number of phenols is 1. The Hall–Kier alpha value is -1.48. The maximum Gasteiger partial charge on any atom is 0.152 e. The quantitative estimate of drug-likeness (QED) is 0.770. The summed E-state index contributed by atoms with van der Waals surface area (Å²) in [5, 5.41) is 10.3. The van der Waals surface area contributed by atoms with E-state index in [4.69, 9.17) is 11.6 Å². The van der Waals surface area contributed by atoms with Crippen molar-refractivity contribution < 1.29 is 9.90 Å². The molecule has 0 atom stereocenters. The summed E-state index contributed by atoms with van der Waals surface area (Å²) in [6.45, 7) is 1.95. The first kappa shape index (κ1) is 10.1. The molecule has 0 amide bonds. The third-order valence-corrected chi connectivity index (χ3v) is 2.86. The molecule has 0 saturated heterocycles. The van der Waals surface area contributed by atoms with E-state index < -0.39 is 0 Å². The zero-order chi connectivity index (χ0) is 11.0. The molecule has 2 rings (SSSR count). The average molecular weight is 224 g/mol. The predicted octanol–water partition coefficient (Wildman–Crippen LogP) is 2.90. The molecule has 2 aromatic rings. The van der Waals surface area contributed by atoms with Gasteiger partial charge in [0.1, 0.15) is 5.75 Å². The van der Waals surface area contributed by atoms with Gasteiger partial charge in [-0.2, -0.15) is 0 Å². The van der Waals surface area contributed by atoms with Gasteiger partial charge in [-0.25, -0.2) is 0 Å². The van der Waals surface area contributed by atoms with Gasteiger partial charge >= 0.3 is 0 Å². The van der Waals surface area contributed by atoms with E-state index in [1.807, 2.05) is 6.92 Å². The van der Waals surface area contributed by atoms with Crippen LogP contribution in [0.3, 0.4) is 0 Å². The number of aryl methyl sites for hydroxylation is 1. The standard InChI is InChI=1S/C11H10ClNO2/c1-2-7-6(5-14)10-8(13-7)3-4-9(15)11(10)12/h3-5,13,15H,2H2,1H3. The van der Waals surface area contributed by atoms with E-state index in [1.54, 1.807) is 6.07 Å². The van der Waals surface area contributed by atoms with Crippen LogP contribution in [-0.4, -0.2) is 16.4 Å². The van der Waals surface area contributed by atoms with Gasteiger partial charge in [-0.05, 0) is 18.6 Å². The van der Waals surface area contributed by atoms with E-state index in [0.29, 0.717) is 10.9 Å². The number of rotatable bonds is 2. The van der Waals surface area contributed by atoms with E-state index in [1.165, 1.54) is 6.07 Å². The number of benzene rings is 1. The normalized spacial score (nSPS) is 10.8. The van der Waals surface area contributed by atoms with Crippen molar-refractivity contribution in [2.45, 2.75) is 13.3 Å². The lowest BCUT2D eigenvalue weighted by atomic mass is 10.1. The molecule has 0 unspecified atom stereocenters. The van der Waals surface area contributed by atoms with Gasteiger partial charge in [-0.15, -0.1) is 0 Å². The van der Waals surface area contributed by atoms with Crippen LogP contribution in [-0.2, 0) is 6.42 Å². The molecule has 4 heteroatoms. The van der Waals surface area contributed by atoms with Gasteiger partial charge in [-0.1, -0.05) is 18.5 Å². The first-order valence-electron chi connectivity index (χ1n) is 4.66. The third kappa shape index (κ3) is 1.39. The van der Waals surface area contributed by atoms with Crippen molar-refractivity contribution in [2.75, 3.05) is 0 Å². The zero-order valence-electron chi connectivity index (χ0n) is 8.17. The Morgan fingerprint density at radius 2 is 2.27 bits per heavy atom. The van der Waals surface area contributed by atoms with Gasteiger partial charge in [0.05, 0.1) is 5.02 Å². The van der Waals surface area contributed by atoms with Crippen LogP contribution in [0.4, 0.5) is 0 Å². The minimum absolute atomic E-state index is 0.00563. The first-order chi connectivity index (χ1) is 7.19. The number of H-pyrrole nitrogens is 1. The highest BCUT2D eigenvalue weighted by atomic mass is 35.5. The Labute approximate surface area is 91.7 Å². The monoisotopic (exact) mass is 223 g/mol. The highest BCUT2D eigenvalue weighted by molar-refractivity contribution is 6.38. The van der Waals surface area contributed by atoms with Crippen molar-refractivity contribution in [2.24, 2.45) is 0 Å². The average Bonchev–Trinajstić information content (AvgIpc) is 2.61. The number of aromatic hydroxyl groups is 1. The van der Waals surface area contributed by atoms with Gasteiger partial charge in [0, 0.05) is 22.2 Å². The van der Waals surface area contributed by atoms with Crippen LogP contribution >= 0.6 is 11.6 Å². The van der Waals surface area contributed by atoms with Gasteiger partial charge in [0.25, 0.3) is 0 Å². The van der Waals surface area contributed by atoms with Crippen LogP contribution in [0.25, 0.3) is 10.9 Å². The molecule has 1 heterocycles. The van der Waals surface area contributed by atoms with Crippen molar-refractivity contribution in [1.82, 2.24) is 4.98 Å². The number of nitrogens with one attached hydrogen (secondary N) is 1. The minimum atomic E-state index is -0.00563. The number of aldehydes is 1. The summed E-state index contributed by atoms with van der Waals surface area (Å²) in [6.07, 6.45) is 1.49. The number of hydrogen-bond acceptors (Lipinski definition) is 2. The summed E-state index contributed by atoms with van der Waals surface area (Å²) in [5.41, 5.74) is 2.15. The number of aromatic amines is 1. The number of hydrogen-bond donors (Lipinski definition) is 2. The summed E-state index contributed by atoms with van der Waals surface area (Å²) < 4.78 is 0. The fraction of sp³-hybridized carbons (Fsp3) is 0.182. The number of carbonyl (C=O) groups excluding carboxylic acids is 1. The number of phenolic OH excluding ortho intramolecular Hbond substituents is 1. The molecule has 2 N–H and O–H groups in total. The first-order valence-corrected chi connectivity index (χ1v) is 5.04. The summed E-state index contributed by atoms with van der Waals surface area (Å²) in [7, 11) is 0. The molecule has 0 aliphatic rings. The molecule has 1 aromatic heterocycles. The zero-order valence-corrected chi connectivity index (χ0v) is 8.93. The summed E-state index contributed by atoms with van der Waals surface area (Å²) in [5.74, 6) is -0.00563. The summed E-state index contributed by atoms with van der Waals surface area (Å²) >= 11 is 5.95. The Kier molecular flexibility index (Phi) is 2.40. The molecule has 0 bridgehead atoms. The van der Waals surface area contributed by atoms with Crippen LogP contribution in [0.5, 0.6) is 5.75 Å². The third-order valence-electron chi connectivity index (χ3n) is 2.47. The number of aromatic nitrogens is 1. The molecule has 0 saturated carbocycles. The molecule has 0 spiro atoms. The van der Waals surface area contributed by atoms with Crippen molar-refractivity contribution in [1.29, 1.82) is 0 Å². The maximum atomic E-state index is 11.0. The van der Waals surface area contributed by atoms with Crippen molar-refractivity contribution in [3.8, 4) is 5.75 Å². The second-order valence-corrected chi connectivity index (χ2v) is 3.69. The van der Waals surface area contributed by atoms with E-state index in [0.717, 1.165) is 23.9 Å². The predicted molar refractivity (Wildman–Crippen MR) is 59.7 cm³/mol. The summed E-state index contributed by atoms with van der Waals surface area (Å²) in [4.78, 5) is 14.1. The largest absolute Gasteiger partial charge is 0.506 e. The Balaban J connectivity index is 2.91. The van der Waals surface area contributed by atoms with Crippen LogP contribution in [0.15, 0.2) is 12.1 Å². The van der Waals surface area contributed by atoms with Crippen LogP contribution in [0.2, 0.25) is 5.02 Å². The van der Waals surface area contributed by atoms with Crippen molar-refractivity contribution in [3.05, 3.63) is 28.4 Å². The summed E-state index contributed by atoms with van der Waals surface area (Å²) in [6, 6.07) is 3.22. The SMILES string of the molecule is CCc1[nH]c2ccc(O)c(Cl)c2c1C=O. The Morgan fingerprint density at radius 1 is 1.53 bits per heavy atom. The highest BCUT2D eigenvalue weighted by Gasteiger charge is 2.14. The molecule has 0 aliphatic carbocycles. The van der Waals surface area contributed by atoms with E-state index in [9.17, 15) is 9.90 Å². The lowest BCUT2D eigenvalue weighted by Crippen LogP contribution is -1.86. The second kappa shape index (κ2) is 3.59. The minimum Gasteiger partial charge on any atom is -0.506 e. The molecule has 3 nitrogen and oxygen atoms in total. The molecule has 0 aliphatic heterocycles.